The second kappa shape index (κ2) is 4.72. The number of hydrogen-bond acceptors (Lipinski definition) is 3. The molecular formula is C16H23N4O2. The Hall–Kier alpha value is -1.56. The summed E-state index contributed by atoms with van der Waals surface area (Å²) >= 11 is 0. The van der Waals surface area contributed by atoms with Crippen LogP contribution in [0.1, 0.15) is 63.9 Å². The van der Waals surface area contributed by atoms with Crippen LogP contribution in [0.3, 0.4) is 0 Å². The lowest BCUT2D eigenvalue weighted by atomic mass is 9.75. The van der Waals surface area contributed by atoms with Gasteiger partial charge >= 0.3 is 5.84 Å². The van der Waals surface area contributed by atoms with E-state index in [1.54, 1.807) is 10.9 Å². The van der Waals surface area contributed by atoms with E-state index < -0.39 is 11.1 Å². The molecule has 0 saturated heterocycles. The van der Waals surface area contributed by atoms with E-state index in [1.165, 1.54) is 0 Å². The molecule has 0 N–H and O–H groups in total. The molecule has 0 amide bonds. The Labute approximate surface area is 130 Å². The number of aromatic nitrogens is 2. The van der Waals surface area contributed by atoms with Crippen LogP contribution in [0.5, 0.6) is 0 Å². The molecule has 6 nitrogen and oxygen atoms in total. The zero-order chi connectivity index (χ0) is 15.4. The molecule has 1 aliphatic heterocycles. The van der Waals surface area contributed by atoms with Crippen molar-refractivity contribution in [2.75, 3.05) is 0 Å². The Morgan fingerprint density at radius 2 is 1.86 bits per heavy atom. The minimum Gasteiger partial charge on any atom is -0.714 e. The van der Waals surface area contributed by atoms with Gasteiger partial charge in [0.25, 0.3) is 0 Å². The highest BCUT2D eigenvalue weighted by molar-refractivity contribution is 5.95. The van der Waals surface area contributed by atoms with E-state index in [9.17, 15) is 10.4 Å². The molecule has 2 fully saturated rings. The third-order valence-electron chi connectivity index (χ3n) is 6.11. The van der Waals surface area contributed by atoms with Gasteiger partial charge in [-0.15, -0.1) is 0 Å². The largest absolute Gasteiger partial charge is 0.714 e. The van der Waals surface area contributed by atoms with Gasteiger partial charge in [0, 0.05) is 17.9 Å². The molecule has 1 aromatic heterocycles. The van der Waals surface area contributed by atoms with Crippen molar-refractivity contribution in [3.8, 4) is 0 Å². The van der Waals surface area contributed by atoms with Gasteiger partial charge in [-0.1, -0.05) is 5.06 Å². The van der Waals surface area contributed by atoms with Crippen molar-refractivity contribution in [3.63, 3.8) is 0 Å². The highest BCUT2D eigenvalue weighted by Gasteiger charge is 2.71. The van der Waals surface area contributed by atoms with Gasteiger partial charge < -0.3 is 5.21 Å². The number of rotatable bonds is 2. The fourth-order valence-electron chi connectivity index (χ4n) is 5.01. The van der Waals surface area contributed by atoms with Crippen LogP contribution in [0.2, 0.25) is 0 Å². The van der Waals surface area contributed by atoms with Gasteiger partial charge in [0.15, 0.2) is 11.1 Å². The lowest BCUT2D eigenvalue weighted by Gasteiger charge is -2.38. The molecule has 2 spiro atoms. The highest BCUT2D eigenvalue weighted by Crippen LogP contribution is 2.55. The topological polar surface area (TPSA) is 67.0 Å². The lowest BCUT2D eigenvalue weighted by Crippen LogP contribution is -2.57. The lowest BCUT2D eigenvalue weighted by molar-refractivity contribution is -0.550. The molecule has 1 aromatic rings. The van der Waals surface area contributed by atoms with Crippen LogP contribution in [0.4, 0.5) is 0 Å². The second-order valence-corrected chi connectivity index (χ2v) is 6.97. The predicted octanol–water partition coefficient (Wildman–Crippen LogP) is 2.45. The summed E-state index contributed by atoms with van der Waals surface area (Å²) in [4.78, 5) is 0. The first kappa shape index (κ1) is 14.1. The minimum absolute atomic E-state index is 0.295. The summed E-state index contributed by atoms with van der Waals surface area (Å²) in [6.07, 6.45) is 11.1. The van der Waals surface area contributed by atoms with Crippen LogP contribution in [-0.4, -0.2) is 36.5 Å². The first-order valence-corrected chi connectivity index (χ1v) is 8.49. The van der Waals surface area contributed by atoms with Crippen LogP contribution in [0.15, 0.2) is 12.4 Å². The maximum atomic E-state index is 13.2. The average molecular weight is 303 g/mol. The quantitative estimate of drug-likeness (QED) is 0.622. The van der Waals surface area contributed by atoms with Crippen LogP contribution < -0.4 is 0 Å². The molecule has 119 valence electrons. The summed E-state index contributed by atoms with van der Waals surface area (Å²) in [5.74, 6) is 0.295. The van der Waals surface area contributed by atoms with Crippen molar-refractivity contribution in [2.45, 2.75) is 75.9 Å². The maximum absolute atomic E-state index is 13.2. The van der Waals surface area contributed by atoms with Gasteiger partial charge in [0.1, 0.15) is 5.56 Å². The molecule has 2 heterocycles. The third-order valence-corrected chi connectivity index (χ3v) is 6.11. The maximum Gasteiger partial charge on any atom is 0.320 e. The standard InChI is InChI=1S/C16H23N4O2/c1-2-18-12-13(11-17-18)14-19(21)15(7-3-4-8-15)16(20(14)22)9-5-6-10-16/h11-12H,2-10H2,1H3. The van der Waals surface area contributed by atoms with E-state index in [-0.39, 0.29) is 0 Å². The summed E-state index contributed by atoms with van der Waals surface area (Å²) in [6, 6.07) is 0. The zero-order valence-corrected chi connectivity index (χ0v) is 13.1. The Morgan fingerprint density at radius 3 is 2.45 bits per heavy atom. The molecule has 0 aromatic carbocycles. The molecule has 22 heavy (non-hydrogen) atoms. The number of nitrogens with zero attached hydrogens (tertiary/aromatic N) is 4. The number of hydroxylamine groups is 3. The van der Waals surface area contributed by atoms with Gasteiger partial charge in [-0.25, -0.2) is 0 Å². The number of fused-ring (bicyclic) bond motifs is 1. The molecule has 3 aliphatic rings. The van der Waals surface area contributed by atoms with Gasteiger partial charge in [0.05, 0.1) is 6.20 Å². The molecule has 1 radical (unpaired) electrons. The van der Waals surface area contributed by atoms with Crippen LogP contribution >= 0.6 is 0 Å². The minimum atomic E-state index is -0.505. The van der Waals surface area contributed by atoms with E-state index in [0.29, 0.717) is 11.4 Å². The van der Waals surface area contributed by atoms with Crippen molar-refractivity contribution in [3.05, 3.63) is 23.2 Å². The molecule has 2 saturated carbocycles. The number of amidine groups is 1. The van der Waals surface area contributed by atoms with Crippen LogP contribution in [-0.2, 0) is 11.8 Å². The molecule has 4 rings (SSSR count). The van der Waals surface area contributed by atoms with Crippen LogP contribution in [0, 0.1) is 5.21 Å². The van der Waals surface area contributed by atoms with Crippen molar-refractivity contribution in [1.29, 1.82) is 0 Å². The highest BCUT2D eigenvalue weighted by atomic mass is 16.5. The Bertz CT molecular complexity index is 609. The molecule has 6 heteroatoms. The average Bonchev–Trinajstić information content (AvgIpc) is 3.28. The summed E-state index contributed by atoms with van der Waals surface area (Å²) in [7, 11) is 0. The van der Waals surface area contributed by atoms with Crippen molar-refractivity contribution < 1.29 is 9.95 Å². The molecule has 0 bridgehead atoms. The summed E-state index contributed by atoms with van der Waals surface area (Å²) in [5, 5.41) is 31.7. The normalized spacial score (nSPS) is 26.0. The predicted molar refractivity (Wildman–Crippen MR) is 80.6 cm³/mol. The summed E-state index contributed by atoms with van der Waals surface area (Å²) < 4.78 is 2.85. The molecule has 0 unspecified atom stereocenters. The molecule has 2 aliphatic carbocycles. The smallest absolute Gasteiger partial charge is 0.320 e. The van der Waals surface area contributed by atoms with Gasteiger partial charge in [-0.3, -0.25) is 9.42 Å². The van der Waals surface area contributed by atoms with E-state index in [4.69, 9.17) is 0 Å². The van der Waals surface area contributed by atoms with Crippen molar-refractivity contribution >= 4 is 5.84 Å². The van der Waals surface area contributed by atoms with E-state index in [1.807, 2.05) is 13.1 Å². The molecular weight excluding hydrogens is 280 g/mol. The number of aryl methyl sites for hydroxylation is 1. The van der Waals surface area contributed by atoms with Crippen molar-refractivity contribution in [2.24, 2.45) is 0 Å². The zero-order valence-electron chi connectivity index (χ0n) is 13.1. The van der Waals surface area contributed by atoms with Gasteiger partial charge in [-0.05, 0) is 58.3 Å². The first-order valence-electron chi connectivity index (χ1n) is 8.49. The number of hydrogen-bond donors (Lipinski definition) is 0. The van der Waals surface area contributed by atoms with Gasteiger partial charge in [0.2, 0.25) is 0 Å². The van der Waals surface area contributed by atoms with E-state index >= 15 is 0 Å². The summed E-state index contributed by atoms with van der Waals surface area (Å²) in [5.41, 5.74) is -0.342. The molecule has 0 atom stereocenters. The third kappa shape index (κ3) is 1.54. The Kier molecular flexibility index (Phi) is 3.01. The van der Waals surface area contributed by atoms with Crippen LogP contribution in [0.25, 0.3) is 0 Å². The fraction of sp³-hybridized carbons (Fsp3) is 0.750. The Morgan fingerprint density at radius 1 is 1.23 bits per heavy atom. The summed E-state index contributed by atoms with van der Waals surface area (Å²) in [6.45, 7) is 2.73. The first-order chi connectivity index (χ1) is 10.6. The monoisotopic (exact) mass is 303 g/mol. The van der Waals surface area contributed by atoms with Gasteiger partial charge in [-0.2, -0.15) is 5.10 Å². The Balaban J connectivity index is 1.85. The SMILES string of the molecule is CCn1cc(C2=[N+]([O-])C3(CCCC3)C3(CCCC3)N2[O])cn1. The van der Waals surface area contributed by atoms with E-state index in [0.717, 1.165) is 67.7 Å². The second-order valence-electron chi connectivity index (χ2n) is 6.97. The van der Waals surface area contributed by atoms with E-state index in [2.05, 4.69) is 5.10 Å². The fourth-order valence-corrected chi connectivity index (χ4v) is 5.01. The van der Waals surface area contributed by atoms with Crippen molar-refractivity contribution in [1.82, 2.24) is 14.8 Å².